The number of hydrogen-bond donors (Lipinski definition) is 2. The minimum atomic E-state index is -1.29. The van der Waals surface area contributed by atoms with Gasteiger partial charge >= 0.3 is 5.97 Å². The number of halogens is 2. The third-order valence-corrected chi connectivity index (χ3v) is 8.06. The highest BCUT2D eigenvalue weighted by Gasteiger charge is 2.43. The van der Waals surface area contributed by atoms with E-state index in [1.54, 1.807) is 37.3 Å². The van der Waals surface area contributed by atoms with Crippen molar-refractivity contribution in [3.8, 4) is 11.5 Å². The molecule has 0 saturated carbocycles. The molecular formula is C30H29ClFN3O5. The number of carboxylic acid groups (broad SMARTS) is 1. The van der Waals surface area contributed by atoms with Crippen LogP contribution in [-0.2, 0) is 18.9 Å². The quantitative estimate of drug-likeness (QED) is 0.303. The molecule has 0 aliphatic carbocycles. The molecule has 3 aromatic carbocycles. The molecule has 6 rings (SSSR count). The van der Waals surface area contributed by atoms with Gasteiger partial charge in [0.1, 0.15) is 11.6 Å². The number of rotatable bonds is 7. The molecule has 1 atom stereocenters. The highest BCUT2D eigenvalue weighted by molar-refractivity contribution is 6.30. The summed E-state index contributed by atoms with van der Waals surface area (Å²) in [7, 11) is 0. The Kier molecular flexibility index (Phi) is 6.90. The van der Waals surface area contributed by atoms with Crippen LogP contribution in [0.2, 0.25) is 5.02 Å². The molecule has 10 heteroatoms. The van der Waals surface area contributed by atoms with Gasteiger partial charge in [-0.2, -0.15) is 0 Å². The second-order valence-corrected chi connectivity index (χ2v) is 10.8. The van der Waals surface area contributed by atoms with Gasteiger partial charge in [0.15, 0.2) is 11.5 Å². The Morgan fingerprint density at radius 2 is 1.95 bits per heavy atom. The Balaban J connectivity index is 1.18. The Morgan fingerprint density at radius 3 is 2.67 bits per heavy atom. The summed E-state index contributed by atoms with van der Waals surface area (Å²) in [6.45, 7) is 4.21. The molecule has 0 amide bonds. The summed E-state index contributed by atoms with van der Waals surface area (Å²) in [5, 5.41) is 19.4. The van der Waals surface area contributed by atoms with Crippen LogP contribution in [0.15, 0.2) is 54.6 Å². The fourth-order valence-corrected chi connectivity index (χ4v) is 5.97. The summed E-state index contributed by atoms with van der Waals surface area (Å²) in [4.78, 5) is 18.5. The average Bonchev–Trinajstić information content (AvgIpc) is 3.45. The molecule has 40 heavy (non-hydrogen) atoms. The van der Waals surface area contributed by atoms with E-state index in [1.807, 2.05) is 22.8 Å². The minimum Gasteiger partial charge on any atom is -0.478 e. The van der Waals surface area contributed by atoms with Crippen molar-refractivity contribution < 1.29 is 28.9 Å². The van der Waals surface area contributed by atoms with Crippen LogP contribution in [0.1, 0.15) is 53.0 Å². The first-order valence-corrected chi connectivity index (χ1v) is 13.7. The number of hydrogen-bond acceptors (Lipinski definition) is 6. The summed E-state index contributed by atoms with van der Waals surface area (Å²) >= 11 is 5.95. The van der Waals surface area contributed by atoms with Gasteiger partial charge < -0.3 is 24.3 Å². The maximum Gasteiger partial charge on any atom is 0.335 e. The predicted octanol–water partition coefficient (Wildman–Crippen LogP) is 5.54. The van der Waals surface area contributed by atoms with E-state index < -0.39 is 17.6 Å². The Labute approximate surface area is 235 Å². The first-order valence-electron chi connectivity index (χ1n) is 13.3. The molecule has 3 heterocycles. The van der Waals surface area contributed by atoms with Gasteiger partial charge in [-0.05, 0) is 74.3 Å². The number of ether oxygens (including phenoxy) is 2. The van der Waals surface area contributed by atoms with Crippen LogP contribution in [0.25, 0.3) is 11.0 Å². The standard InChI is InChI=1S/C30H29ClFN3O5/c1-30(22-7-6-20(31)16-23(22)32)39-26-4-2-3-21(28(26)40-30)18-9-11-34(12-10-18)17-27-33-24-8-5-19(29(37)38)15-25(24)35(27)13-14-36/h2-8,15-16,18,36H,9-14,17H2,1H3,(H,37,38). The van der Waals surface area contributed by atoms with Crippen molar-refractivity contribution in [1.82, 2.24) is 14.5 Å². The molecule has 2 N–H and O–H groups in total. The SMILES string of the molecule is CC1(c2ccc(Cl)cc2F)Oc2cccc(C3CCN(Cc4nc5ccc(C(=O)O)cc5n4CCO)CC3)c2O1. The van der Waals surface area contributed by atoms with Gasteiger partial charge in [-0.15, -0.1) is 0 Å². The lowest BCUT2D eigenvalue weighted by Gasteiger charge is -2.32. The number of carbonyl (C=O) groups is 1. The molecule has 208 valence electrons. The van der Waals surface area contributed by atoms with Crippen LogP contribution in [0.4, 0.5) is 4.39 Å². The lowest BCUT2D eigenvalue weighted by Crippen LogP contribution is -2.34. The summed E-state index contributed by atoms with van der Waals surface area (Å²) in [5.74, 6) is -0.497. The van der Waals surface area contributed by atoms with Crippen molar-refractivity contribution in [3.05, 3.63) is 88.0 Å². The van der Waals surface area contributed by atoms with Crippen LogP contribution >= 0.6 is 11.6 Å². The molecule has 8 nitrogen and oxygen atoms in total. The van der Waals surface area contributed by atoms with Crippen molar-refractivity contribution in [2.24, 2.45) is 0 Å². The minimum absolute atomic E-state index is 0.0716. The molecule has 1 saturated heterocycles. The van der Waals surface area contributed by atoms with Crippen molar-refractivity contribution in [2.75, 3.05) is 19.7 Å². The number of carboxylic acids is 1. The van der Waals surface area contributed by atoms with E-state index in [2.05, 4.69) is 4.90 Å². The first-order chi connectivity index (χ1) is 19.3. The number of nitrogens with zero attached hydrogens (tertiary/aromatic N) is 3. The van der Waals surface area contributed by atoms with Gasteiger partial charge in [-0.1, -0.05) is 23.7 Å². The summed E-state index contributed by atoms with van der Waals surface area (Å²) in [5.41, 5.74) is 2.94. The highest BCUT2D eigenvalue weighted by atomic mass is 35.5. The van der Waals surface area contributed by atoms with Crippen molar-refractivity contribution in [2.45, 2.75) is 44.6 Å². The average molecular weight is 566 g/mol. The monoisotopic (exact) mass is 565 g/mol. The van der Waals surface area contributed by atoms with Gasteiger partial charge in [-0.3, -0.25) is 4.90 Å². The fraction of sp³-hybridized carbons (Fsp3) is 0.333. The molecule has 4 aromatic rings. The lowest BCUT2D eigenvalue weighted by molar-refractivity contribution is -0.0712. The Hall–Kier alpha value is -3.66. The zero-order chi connectivity index (χ0) is 28.0. The van der Waals surface area contributed by atoms with Gasteiger partial charge in [-0.25, -0.2) is 14.2 Å². The lowest BCUT2D eigenvalue weighted by atomic mass is 9.88. The number of aliphatic hydroxyl groups excluding tert-OH is 1. The third kappa shape index (κ3) is 4.78. The van der Waals surface area contributed by atoms with E-state index in [0.29, 0.717) is 40.6 Å². The fourth-order valence-electron chi connectivity index (χ4n) is 5.81. The van der Waals surface area contributed by atoms with E-state index in [0.717, 1.165) is 37.3 Å². The summed E-state index contributed by atoms with van der Waals surface area (Å²) < 4.78 is 29.1. The summed E-state index contributed by atoms with van der Waals surface area (Å²) in [6, 6.07) is 15.2. The number of aliphatic hydroxyl groups is 1. The number of para-hydroxylation sites is 1. The normalized spacial score (nSPS) is 19.4. The van der Waals surface area contributed by atoms with E-state index in [1.165, 1.54) is 6.07 Å². The molecule has 0 radical (unpaired) electrons. The van der Waals surface area contributed by atoms with Crippen molar-refractivity contribution >= 4 is 28.6 Å². The van der Waals surface area contributed by atoms with Crippen molar-refractivity contribution in [3.63, 3.8) is 0 Å². The van der Waals surface area contributed by atoms with Crippen LogP contribution in [-0.4, -0.2) is 50.3 Å². The summed E-state index contributed by atoms with van der Waals surface area (Å²) in [6.07, 6.45) is 1.77. The van der Waals surface area contributed by atoms with E-state index >= 15 is 0 Å². The maximum absolute atomic E-state index is 14.8. The maximum atomic E-state index is 14.8. The van der Waals surface area contributed by atoms with E-state index in [-0.39, 0.29) is 23.7 Å². The largest absolute Gasteiger partial charge is 0.478 e. The molecule has 0 bridgehead atoms. The zero-order valence-corrected chi connectivity index (χ0v) is 22.7. The highest BCUT2D eigenvalue weighted by Crippen LogP contribution is 2.49. The number of aromatic nitrogens is 2. The number of fused-ring (bicyclic) bond motifs is 2. The number of piperidine rings is 1. The number of aromatic carboxylic acids is 1. The molecule has 2 aliphatic rings. The second-order valence-electron chi connectivity index (χ2n) is 10.4. The van der Waals surface area contributed by atoms with E-state index in [4.69, 9.17) is 26.1 Å². The number of likely N-dealkylation sites (tertiary alicyclic amines) is 1. The second kappa shape index (κ2) is 10.4. The topological polar surface area (TPSA) is 97.1 Å². The molecular weight excluding hydrogens is 537 g/mol. The molecule has 1 aromatic heterocycles. The molecule has 0 spiro atoms. The zero-order valence-electron chi connectivity index (χ0n) is 21.9. The van der Waals surface area contributed by atoms with Crippen LogP contribution < -0.4 is 9.47 Å². The molecule has 1 fully saturated rings. The van der Waals surface area contributed by atoms with Gasteiger partial charge in [0.2, 0.25) is 0 Å². The Bertz CT molecular complexity index is 1600. The van der Waals surface area contributed by atoms with Gasteiger partial charge in [0, 0.05) is 24.1 Å². The van der Waals surface area contributed by atoms with Crippen LogP contribution in [0.3, 0.4) is 0 Å². The van der Waals surface area contributed by atoms with Gasteiger partial charge in [0.25, 0.3) is 5.79 Å². The van der Waals surface area contributed by atoms with Crippen molar-refractivity contribution in [1.29, 1.82) is 0 Å². The third-order valence-electron chi connectivity index (χ3n) is 7.82. The number of benzene rings is 3. The Morgan fingerprint density at radius 1 is 1.15 bits per heavy atom. The van der Waals surface area contributed by atoms with Crippen LogP contribution in [0.5, 0.6) is 11.5 Å². The van der Waals surface area contributed by atoms with Gasteiger partial charge in [0.05, 0.1) is 35.3 Å². The molecule has 1 unspecified atom stereocenters. The predicted molar refractivity (Wildman–Crippen MR) is 147 cm³/mol. The molecule has 2 aliphatic heterocycles. The van der Waals surface area contributed by atoms with Crippen LogP contribution in [0, 0.1) is 5.82 Å². The smallest absolute Gasteiger partial charge is 0.335 e. The van der Waals surface area contributed by atoms with E-state index in [9.17, 15) is 19.4 Å². The number of imidazole rings is 1. The first kappa shape index (κ1) is 26.6.